The Kier molecular flexibility index (Phi) is 4.24. The van der Waals surface area contributed by atoms with Crippen LogP contribution in [0.25, 0.3) is 0 Å². The number of para-hydroxylation sites is 2. The first kappa shape index (κ1) is 13.9. The molecule has 0 spiro atoms. The van der Waals surface area contributed by atoms with Gasteiger partial charge >= 0.3 is 6.03 Å². The van der Waals surface area contributed by atoms with Crippen LogP contribution in [0.4, 0.5) is 16.3 Å². The third-order valence-corrected chi connectivity index (χ3v) is 2.37. The molecule has 2 rings (SSSR count). The number of hydrogen-bond acceptors (Lipinski definition) is 4. The zero-order chi connectivity index (χ0) is 14.5. The van der Waals surface area contributed by atoms with E-state index in [2.05, 4.69) is 15.8 Å². The first-order valence-electron chi connectivity index (χ1n) is 6.31. The Balaban J connectivity index is 2.04. The van der Waals surface area contributed by atoms with Crippen molar-refractivity contribution in [1.29, 1.82) is 0 Å². The lowest BCUT2D eigenvalue weighted by Gasteiger charge is -2.14. The summed E-state index contributed by atoms with van der Waals surface area (Å²) in [5, 5.41) is 8.99. The highest BCUT2D eigenvalue weighted by Crippen LogP contribution is 2.25. The third kappa shape index (κ3) is 3.74. The molecule has 0 radical (unpaired) electrons. The summed E-state index contributed by atoms with van der Waals surface area (Å²) < 4.78 is 10.5. The van der Waals surface area contributed by atoms with Crippen LogP contribution in [0.1, 0.15) is 19.6 Å². The minimum atomic E-state index is -0.405. The minimum absolute atomic E-state index is 0.0270. The molecule has 2 amide bonds. The highest BCUT2D eigenvalue weighted by molar-refractivity contribution is 6.00. The van der Waals surface area contributed by atoms with Crippen molar-refractivity contribution in [3.63, 3.8) is 0 Å². The maximum Gasteiger partial charge on any atom is 0.325 e. The number of rotatable bonds is 4. The van der Waals surface area contributed by atoms with Gasteiger partial charge in [0.05, 0.1) is 11.8 Å². The summed E-state index contributed by atoms with van der Waals surface area (Å²) in [6.07, 6.45) is 0.0270. The summed E-state index contributed by atoms with van der Waals surface area (Å²) in [6, 6.07) is 8.47. The van der Waals surface area contributed by atoms with Crippen LogP contribution in [0, 0.1) is 6.92 Å². The van der Waals surface area contributed by atoms with E-state index in [1.54, 1.807) is 25.1 Å². The number of urea groups is 1. The molecular formula is C14H17N3O3. The van der Waals surface area contributed by atoms with E-state index in [4.69, 9.17) is 9.26 Å². The molecule has 6 nitrogen and oxygen atoms in total. The van der Waals surface area contributed by atoms with Crippen molar-refractivity contribution in [2.24, 2.45) is 0 Å². The first-order valence-corrected chi connectivity index (χ1v) is 6.31. The van der Waals surface area contributed by atoms with Crippen LogP contribution in [0.5, 0.6) is 5.75 Å². The van der Waals surface area contributed by atoms with E-state index < -0.39 is 6.03 Å². The average molecular weight is 275 g/mol. The lowest BCUT2D eigenvalue weighted by Crippen LogP contribution is -2.20. The molecule has 6 heteroatoms. The fourth-order valence-electron chi connectivity index (χ4n) is 1.62. The van der Waals surface area contributed by atoms with Gasteiger partial charge in [-0.1, -0.05) is 17.3 Å². The summed E-state index contributed by atoms with van der Waals surface area (Å²) in [6.45, 7) is 5.60. The Morgan fingerprint density at radius 1 is 1.30 bits per heavy atom. The smallest absolute Gasteiger partial charge is 0.325 e. The van der Waals surface area contributed by atoms with Gasteiger partial charge in [0.1, 0.15) is 11.5 Å². The van der Waals surface area contributed by atoms with E-state index in [1.807, 2.05) is 26.0 Å². The molecule has 0 atom stereocenters. The Labute approximate surface area is 117 Å². The van der Waals surface area contributed by atoms with E-state index in [0.717, 1.165) is 0 Å². The van der Waals surface area contributed by atoms with E-state index >= 15 is 0 Å². The number of benzene rings is 1. The second kappa shape index (κ2) is 6.10. The number of ether oxygens (including phenoxy) is 1. The van der Waals surface area contributed by atoms with Crippen molar-refractivity contribution in [3.05, 3.63) is 36.1 Å². The lowest BCUT2D eigenvalue weighted by atomic mass is 10.3. The average Bonchev–Trinajstić information content (AvgIpc) is 2.76. The molecule has 1 aromatic carbocycles. The number of anilines is 2. The SMILES string of the molecule is Cc1cc(NC(=O)Nc2ccccc2OC(C)C)no1. The molecule has 0 aliphatic carbocycles. The van der Waals surface area contributed by atoms with Crippen LogP contribution < -0.4 is 15.4 Å². The number of hydrogen-bond donors (Lipinski definition) is 2. The van der Waals surface area contributed by atoms with Crippen LogP contribution in [-0.4, -0.2) is 17.3 Å². The topological polar surface area (TPSA) is 76.4 Å². The highest BCUT2D eigenvalue weighted by Gasteiger charge is 2.10. The number of carbonyl (C=O) groups is 1. The number of aryl methyl sites for hydroxylation is 1. The standard InChI is InChI=1S/C14H17N3O3/c1-9(2)19-12-7-5-4-6-11(12)15-14(18)16-13-8-10(3)20-17-13/h4-9H,1-3H3,(H2,15,16,17,18). The second-order valence-corrected chi connectivity index (χ2v) is 4.56. The lowest BCUT2D eigenvalue weighted by molar-refractivity contribution is 0.243. The monoisotopic (exact) mass is 275 g/mol. The van der Waals surface area contributed by atoms with E-state index in [1.165, 1.54) is 0 Å². The van der Waals surface area contributed by atoms with Crippen molar-refractivity contribution in [2.75, 3.05) is 10.6 Å². The predicted molar refractivity (Wildman–Crippen MR) is 76.1 cm³/mol. The van der Waals surface area contributed by atoms with Crippen molar-refractivity contribution in [3.8, 4) is 5.75 Å². The number of carbonyl (C=O) groups excluding carboxylic acids is 1. The zero-order valence-electron chi connectivity index (χ0n) is 11.6. The second-order valence-electron chi connectivity index (χ2n) is 4.56. The number of aromatic nitrogens is 1. The first-order chi connectivity index (χ1) is 9.54. The Hall–Kier alpha value is -2.50. The van der Waals surface area contributed by atoms with Gasteiger partial charge in [0.25, 0.3) is 0 Å². The van der Waals surface area contributed by atoms with Crippen LogP contribution >= 0.6 is 0 Å². The number of nitrogens with one attached hydrogen (secondary N) is 2. The molecule has 1 heterocycles. The Morgan fingerprint density at radius 3 is 2.70 bits per heavy atom. The van der Waals surface area contributed by atoms with Crippen LogP contribution in [0.2, 0.25) is 0 Å². The van der Waals surface area contributed by atoms with E-state index in [-0.39, 0.29) is 6.10 Å². The maximum absolute atomic E-state index is 11.9. The zero-order valence-corrected chi connectivity index (χ0v) is 11.6. The normalized spacial score (nSPS) is 10.4. The van der Waals surface area contributed by atoms with Gasteiger partial charge in [0, 0.05) is 6.07 Å². The van der Waals surface area contributed by atoms with Gasteiger partial charge in [-0.05, 0) is 32.9 Å². The summed E-state index contributed by atoms with van der Waals surface area (Å²) in [7, 11) is 0. The van der Waals surface area contributed by atoms with Crippen LogP contribution in [0.15, 0.2) is 34.9 Å². The number of nitrogens with zero attached hydrogens (tertiary/aromatic N) is 1. The molecule has 0 saturated heterocycles. The molecular weight excluding hydrogens is 258 g/mol. The largest absolute Gasteiger partial charge is 0.489 e. The third-order valence-electron chi connectivity index (χ3n) is 2.37. The van der Waals surface area contributed by atoms with Crippen molar-refractivity contribution in [2.45, 2.75) is 26.9 Å². The maximum atomic E-state index is 11.9. The summed E-state index contributed by atoms with van der Waals surface area (Å²) in [4.78, 5) is 11.9. The van der Waals surface area contributed by atoms with Gasteiger partial charge in [-0.2, -0.15) is 0 Å². The molecule has 0 fully saturated rings. The number of amides is 2. The summed E-state index contributed by atoms with van der Waals surface area (Å²) in [5.41, 5.74) is 0.596. The molecule has 2 aromatic rings. The molecule has 0 bridgehead atoms. The van der Waals surface area contributed by atoms with Gasteiger partial charge in [0.15, 0.2) is 5.82 Å². The van der Waals surface area contributed by atoms with Gasteiger partial charge < -0.3 is 14.6 Å². The van der Waals surface area contributed by atoms with Gasteiger partial charge in [-0.15, -0.1) is 0 Å². The van der Waals surface area contributed by atoms with Crippen molar-refractivity contribution < 1.29 is 14.1 Å². The van der Waals surface area contributed by atoms with Gasteiger partial charge in [-0.3, -0.25) is 5.32 Å². The fraction of sp³-hybridized carbons (Fsp3) is 0.286. The highest BCUT2D eigenvalue weighted by atomic mass is 16.5. The molecule has 0 saturated carbocycles. The molecule has 0 unspecified atom stereocenters. The molecule has 0 aliphatic heterocycles. The van der Waals surface area contributed by atoms with Crippen molar-refractivity contribution >= 4 is 17.5 Å². The molecule has 20 heavy (non-hydrogen) atoms. The Morgan fingerprint density at radius 2 is 2.05 bits per heavy atom. The van der Waals surface area contributed by atoms with Crippen LogP contribution in [0.3, 0.4) is 0 Å². The molecule has 106 valence electrons. The molecule has 2 N–H and O–H groups in total. The Bertz CT molecular complexity index is 593. The van der Waals surface area contributed by atoms with Gasteiger partial charge in [0.2, 0.25) is 0 Å². The van der Waals surface area contributed by atoms with Crippen LogP contribution in [-0.2, 0) is 0 Å². The van der Waals surface area contributed by atoms with E-state index in [9.17, 15) is 4.79 Å². The molecule has 0 aliphatic rings. The summed E-state index contributed by atoms with van der Waals surface area (Å²) in [5.74, 6) is 1.61. The van der Waals surface area contributed by atoms with Crippen molar-refractivity contribution in [1.82, 2.24) is 5.16 Å². The molecule has 1 aromatic heterocycles. The fourth-order valence-corrected chi connectivity index (χ4v) is 1.62. The predicted octanol–water partition coefficient (Wildman–Crippen LogP) is 3.41. The van der Waals surface area contributed by atoms with E-state index in [0.29, 0.717) is 23.0 Å². The van der Waals surface area contributed by atoms with Gasteiger partial charge in [-0.25, -0.2) is 4.79 Å². The minimum Gasteiger partial charge on any atom is -0.489 e. The summed E-state index contributed by atoms with van der Waals surface area (Å²) >= 11 is 0. The quantitative estimate of drug-likeness (QED) is 0.896.